The SMILES string of the molecule is COc1ccccc1N1CCN(c2ncc(C(=O)Nc3ccccc3F)c3ccccc23)CC1. The lowest BCUT2D eigenvalue weighted by atomic mass is 10.1. The first kappa shape index (κ1) is 21.7. The summed E-state index contributed by atoms with van der Waals surface area (Å²) in [6, 6.07) is 21.9. The lowest BCUT2D eigenvalue weighted by molar-refractivity contribution is 0.102. The van der Waals surface area contributed by atoms with Crippen LogP contribution in [0.5, 0.6) is 5.75 Å². The van der Waals surface area contributed by atoms with Crippen molar-refractivity contribution >= 4 is 33.9 Å². The van der Waals surface area contributed by atoms with E-state index in [9.17, 15) is 9.18 Å². The number of para-hydroxylation sites is 3. The molecular weight excluding hydrogens is 431 g/mol. The Morgan fingerprint density at radius 2 is 1.53 bits per heavy atom. The van der Waals surface area contributed by atoms with Crippen LogP contribution in [0.4, 0.5) is 21.6 Å². The summed E-state index contributed by atoms with van der Waals surface area (Å²) in [7, 11) is 1.69. The molecule has 1 fully saturated rings. The second-order valence-corrected chi connectivity index (χ2v) is 8.12. The van der Waals surface area contributed by atoms with Crippen molar-refractivity contribution in [2.45, 2.75) is 0 Å². The van der Waals surface area contributed by atoms with Gasteiger partial charge < -0.3 is 19.9 Å². The third-order valence-corrected chi connectivity index (χ3v) is 6.15. The van der Waals surface area contributed by atoms with Crippen LogP contribution >= 0.6 is 0 Å². The molecule has 5 rings (SSSR count). The van der Waals surface area contributed by atoms with Crippen molar-refractivity contribution in [2.24, 2.45) is 0 Å². The Hall–Kier alpha value is -4.13. The van der Waals surface area contributed by atoms with Crippen molar-refractivity contribution in [1.82, 2.24) is 4.98 Å². The fourth-order valence-electron chi connectivity index (χ4n) is 4.41. The van der Waals surface area contributed by atoms with Crippen LogP contribution in [0.25, 0.3) is 10.8 Å². The van der Waals surface area contributed by atoms with E-state index in [-0.39, 0.29) is 11.6 Å². The van der Waals surface area contributed by atoms with Gasteiger partial charge in [0.25, 0.3) is 5.91 Å². The van der Waals surface area contributed by atoms with Crippen LogP contribution in [0.2, 0.25) is 0 Å². The highest BCUT2D eigenvalue weighted by atomic mass is 19.1. The minimum Gasteiger partial charge on any atom is -0.495 e. The molecule has 0 saturated carbocycles. The van der Waals surface area contributed by atoms with E-state index in [4.69, 9.17) is 4.74 Å². The van der Waals surface area contributed by atoms with Crippen molar-refractivity contribution < 1.29 is 13.9 Å². The molecule has 34 heavy (non-hydrogen) atoms. The van der Waals surface area contributed by atoms with Crippen LogP contribution in [0, 0.1) is 5.82 Å². The Balaban J connectivity index is 1.39. The number of piperazine rings is 1. The standard InChI is InChI=1S/C27H25FN4O2/c1-34-25-13-7-6-12-24(25)31-14-16-32(17-15-31)26-20-9-3-2-8-19(20)21(18-29-26)27(33)30-23-11-5-4-10-22(23)28/h2-13,18H,14-17H2,1H3,(H,30,33). The van der Waals surface area contributed by atoms with Crippen molar-refractivity contribution in [3.8, 4) is 5.75 Å². The summed E-state index contributed by atoms with van der Waals surface area (Å²) in [5.74, 6) is 0.849. The van der Waals surface area contributed by atoms with E-state index in [1.54, 1.807) is 31.5 Å². The number of benzene rings is 3. The van der Waals surface area contributed by atoms with Gasteiger partial charge in [-0.25, -0.2) is 9.37 Å². The lowest BCUT2D eigenvalue weighted by Crippen LogP contribution is -2.47. The average molecular weight is 457 g/mol. The average Bonchev–Trinajstić information content (AvgIpc) is 2.89. The van der Waals surface area contributed by atoms with Gasteiger partial charge in [0.15, 0.2) is 0 Å². The van der Waals surface area contributed by atoms with Gasteiger partial charge in [-0.3, -0.25) is 4.79 Å². The van der Waals surface area contributed by atoms with E-state index in [0.29, 0.717) is 5.56 Å². The molecule has 1 amide bonds. The van der Waals surface area contributed by atoms with Crippen LogP contribution in [-0.4, -0.2) is 44.2 Å². The maximum Gasteiger partial charge on any atom is 0.257 e. The van der Waals surface area contributed by atoms with Gasteiger partial charge in [-0.05, 0) is 29.7 Å². The zero-order chi connectivity index (χ0) is 23.5. The molecule has 0 spiro atoms. The van der Waals surface area contributed by atoms with Gasteiger partial charge >= 0.3 is 0 Å². The summed E-state index contributed by atoms with van der Waals surface area (Å²) in [6.45, 7) is 3.23. The third kappa shape index (κ3) is 4.12. The molecule has 0 radical (unpaired) electrons. The number of pyridine rings is 1. The molecule has 6 nitrogen and oxygen atoms in total. The molecule has 2 heterocycles. The number of rotatable bonds is 5. The third-order valence-electron chi connectivity index (χ3n) is 6.15. The van der Waals surface area contributed by atoms with E-state index in [2.05, 4.69) is 26.2 Å². The predicted octanol–water partition coefficient (Wildman–Crippen LogP) is 4.96. The number of hydrogen-bond acceptors (Lipinski definition) is 5. The zero-order valence-corrected chi connectivity index (χ0v) is 18.9. The second kappa shape index (κ2) is 9.39. The number of halogens is 1. The Kier molecular flexibility index (Phi) is 5.99. The van der Waals surface area contributed by atoms with Crippen LogP contribution in [-0.2, 0) is 0 Å². The number of carbonyl (C=O) groups excluding carboxylic acids is 1. The monoisotopic (exact) mass is 456 g/mol. The molecule has 1 aromatic heterocycles. The fourth-order valence-corrected chi connectivity index (χ4v) is 4.41. The number of carbonyl (C=O) groups is 1. The highest BCUT2D eigenvalue weighted by molar-refractivity contribution is 6.14. The van der Waals surface area contributed by atoms with Gasteiger partial charge in [-0.15, -0.1) is 0 Å². The molecule has 0 bridgehead atoms. The zero-order valence-electron chi connectivity index (χ0n) is 18.9. The van der Waals surface area contributed by atoms with E-state index < -0.39 is 5.82 Å². The largest absolute Gasteiger partial charge is 0.495 e. The van der Waals surface area contributed by atoms with Crippen molar-refractivity contribution in [3.63, 3.8) is 0 Å². The molecule has 1 aliphatic rings. The minimum absolute atomic E-state index is 0.146. The highest BCUT2D eigenvalue weighted by Crippen LogP contribution is 2.32. The molecule has 1 N–H and O–H groups in total. The van der Waals surface area contributed by atoms with E-state index in [0.717, 1.165) is 54.2 Å². The topological polar surface area (TPSA) is 57.7 Å². The maximum absolute atomic E-state index is 14.0. The molecule has 1 aliphatic heterocycles. The highest BCUT2D eigenvalue weighted by Gasteiger charge is 2.23. The Morgan fingerprint density at radius 3 is 2.29 bits per heavy atom. The number of hydrogen-bond donors (Lipinski definition) is 1. The van der Waals surface area contributed by atoms with Crippen LogP contribution < -0.4 is 19.9 Å². The first-order valence-corrected chi connectivity index (χ1v) is 11.2. The number of amides is 1. The second-order valence-electron chi connectivity index (χ2n) is 8.12. The van der Waals surface area contributed by atoms with Gasteiger partial charge in [0, 0.05) is 37.8 Å². The quantitative estimate of drug-likeness (QED) is 0.460. The van der Waals surface area contributed by atoms with E-state index >= 15 is 0 Å². The summed E-state index contributed by atoms with van der Waals surface area (Å²) < 4.78 is 19.6. The molecule has 172 valence electrons. The van der Waals surface area contributed by atoms with Gasteiger partial charge in [-0.2, -0.15) is 0 Å². The van der Waals surface area contributed by atoms with Gasteiger partial charge in [-0.1, -0.05) is 48.5 Å². The molecule has 4 aromatic rings. The summed E-state index contributed by atoms with van der Waals surface area (Å²) in [5, 5.41) is 4.35. The molecule has 0 unspecified atom stereocenters. The van der Waals surface area contributed by atoms with Crippen LogP contribution in [0.15, 0.2) is 79.0 Å². The van der Waals surface area contributed by atoms with Crippen LogP contribution in [0.1, 0.15) is 10.4 Å². The number of ether oxygens (including phenoxy) is 1. The number of fused-ring (bicyclic) bond motifs is 1. The summed E-state index contributed by atoms with van der Waals surface area (Å²) in [6.07, 6.45) is 1.58. The minimum atomic E-state index is -0.474. The molecule has 7 heteroatoms. The van der Waals surface area contributed by atoms with Crippen molar-refractivity contribution in [2.75, 3.05) is 48.4 Å². The first-order chi connectivity index (χ1) is 16.7. The van der Waals surface area contributed by atoms with Crippen molar-refractivity contribution in [1.29, 1.82) is 0 Å². The predicted molar refractivity (Wildman–Crippen MR) is 134 cm³/mol. The fraction of sp³-hybridized carbons (Fsp3) is 0.185. The van der Waals surface area contributed by atoms with Gasteiger partial charge in [0.05, 0.1) is 24.0 Å². The normalized spacial score (nSPS) is 13.7. The van der Waals surface area contributed by atoms with E-state index in [1.165, 1.54) is 6.07 Å². The summed E-state index contributed by atoms with van der Waals surface area (Å²) in [5.41, 5.74) is 1.64. The number of nitrogens with one attached hydrogen (secondary N) is 1. The van der Waals surface area contributed by atoms with Crippen molar-refractivity contribution in [3.05, 3.63) is 90.4 Å². The maximum atomic E-state index is 14.0. The first-order valence-electron chi connectivity index (χ1n) is 11.2. The summed E-state index contributed by atoms with van der Waals surface area (Å²) >= 11 is 0. The van der Waals surface area contributed by atoms with Crippen LogP contribution in [0.3, 0.4) is 0 Å². The molecule has 0 atom stereocenters. The van der Waals surface area contributed by atoms with Gasteiger partial charge in [0.2, 0.25) is 0 Å². The molecule has 3 aromatic carbocycles. The summed E-state index contributed by atoms with van der Waals surface area (Å²) in [4.78, 5) is 22.2. The van der Waals surface area contributed by atoms with E-state index in [1.807, 2.05) is 42.5 Å². The molecule has 1 saturated heterocycles. The lowest BCUT2D eigenvalue weighted by Gasteiger charge is -2.37. The van der Waals surface area contributed by atoms with Gasteiger partial charge in [0.1, 0.15) is 17.4 Å². The number of anilines is 3. The number of aromatic nitrogens is 1. The number of nitrogens with zero attached hydrogens (tertiary/aromatic N) is 3. The number of methoxy groups -OCH3 is 1. The Morgan fingerprint density at radius 1 is 0.882 bits per heavy atom. The molecule has 0 aliphatic carbocycles. The Bertz CT molecular complexity index is 1340. The Labute approximate surface area is 197 Å². The smallest absolute Gasteiger partial charge is 0.257 e. The molecular formula is C27H25FN4O2.